The molecule has 1 saturated heterocycles. The van der Waals surface area contributed by atoms with Gasteiger partial charge in [-0.2, -0.15) is 4.31 Å². The normalized spacial score (nSPS) is 28.7. The van der Waals surface area contributed by atoms with Gasteiger partial charge in [0.2, 0.25) is 10.0 Å². The zero-order chi connectivity index (χ0) is 9.53. The number of nitrogens with one attached hydrogen (secondary N) is 1. The monoisotopic (exact) mass is 204 g/mol. The SMILES string of the molecule is CS(=O)(=O)N1CCNCC12CCC2. The van der Waals surface area contributed by atoms with Crippen molar-refractivity contribution in [1.82, 2.24) is 9.62 Å². The van der Waals surface area contributed by atoms with E-state index in [2.05, 4.69) is 5.32 Å². The zero-order valence-electron chi connectivity index (χ0n) is 7.91. The molecule has 0 aromatic carbocycles. The molecule has 2 aliphatic rings. The predicted octanol–water partition coefficient (Wildman–Crippen LogP) is -0.226. The van der Waals surface area contributed by atoms with Crippen LogP contribution in [-0.4, -0.2) is 44.2 Å². The summed E-state index contributed by atoms with van der Waals surface area (Å²) in [5, 5.41) is 3.27. The van der Waals surface area contributed by atoms with Gasteiger partial charge in [-0.15, -0.1) is 0 Å². The van der Waals surface area contributed by atoms with Gasteiger partial charge in [0.15, 0.2) is 0 Å². The van der Waals surface area contributed by atoms with Crippen molar-refractivity contribution in [2.45, 2.75) is 24.8 Å². The van der Waals surface area contributed by atoms with E-state index in [4.69, 9.17) is 0 Å². The van der Waals surface area contributed by atoms with Crippen molar-refractivity contribution < 1.29 is 8.42 Å². The smallest absolute Gasteiger partial charge is 0.211 e. The third-order valence-corrected chi connectivity index (χ3v) is 4.53. The van der Waals surface area contributed by atoms with Crippen molar-refractivity contribution in [3.8, 4) is 0 Å². The van der Waals surface area contributed by atoms with E-state index in [0.29, 0.717) is 6.54 Å². The Hall–Kier alpha value is -0.130. The third kappa shape index (κ3) is 1.49. The van der Waals surface area contributed by atoms with Crippen molar-refractivity contribution in [1.29, 1.82) is 0 Å². The van der Waals surface area contributed by atoms with Gasteiger partial charge in [0.25, 0.3) is 0 Å². The summed E-state index contributed by atoms with van der Waals surface area (Å²) in [6.07, 6.45) is 4.52. The molecule has 76 valence electrons. The van der Waals surface area contributed by atoms with Crippen LogP contribution in [0.15, 0.2) is 0 Å². The molecule has 1 spiro atoms. The lowest BCUT2D eigenvalue weighted by atomic mass is 9.76. The minimum atomic E-state index is -3.00. The molecule has 0 aromatic rings. The van der Waals surface area contributed by atoms with Crippen LogP contribution in [0.2, 0.25) is 0 Å². The number of hydrogen-bond acceptors (Lipinski definition) is 3. The third-order valence-electron chi connectivity index (χ3n) is 3.16. The highest BCUT2D eigenvalue weighted by atomic mass is 32.2. The molecule has 0 aromatic heterocycles. The first-order valence-corrected chi connectivity index (χ1v) is 6.58. The molecule has 1 saturated carbocycles. The maximum absolute atomic E-state index is 11.5. The van der Waals surface area contributed by atoms with Crippen molar-refractivity contribution >= 4 is 10.0 Å². The zero-order valence-corrected chi connectivity index (χ0v) is 8.73. The molecule has 1 N–H and O–H groups in total. The summed E-state index contributed by atoms with van der Waals surface area (Å²) >= 11 is 0. The van der Waals surface area contributed by atoms with Gasteiger partial charge in [-0.3, -0.25) is 0 Å². The van der Waals surface area contributed by atoms with Gasteiger partial charge in [-0.1, -0.05) is 0 Å². The fourth-order valence-corrected chi connectivity index (χ4v) is 3.73. The number of hydrogen-bond donors (Lipinski definition) is 1. The van der Waals surface area contributed by atoms with E-state index >= 15 is 0 Å². The topological polar surface area (TPSA) is 49.4 Å². The largest absolute Gasteiger partial charge is 0.314 e. The van der Waals surface area contributed by atoms with Crippen LogP contribution in [0.5, 0.6) is 0 Å². The molecule has 0 bridgehead atoms. The number of rotatable bonds is 1. The summed E-state index contributed by atoms with van der Waals surface area (Å²) in [4.78, 5) is 0. The van der Waals surface area contributed by atoms with E-state index in [1.165, 1.54) is 6.26 Å². The van der Waals surface area contributed by atoms with Crippen molar-refractivity contribution in [3.05, 3.63) is 0 Å². The first-order chi connectivity index (χ1) is 6.05. The Kier molecular flexibility index (Phi) is 2.13. The minimum absolute atomic E-state index is 0.0637. The molecule has 2 rings (SSSR count). The van der Waals surface area contributed by atoms with Gasteiger partial charge >= 0.3 is 0 Å². The molecule has 0 amide bonds. The number of sulfonamides is 1. The summed E-state index contributed by atoms with van der Waals surface area (Å²) in [5.74, 6) is 0. The van der Waals surface area contributed by atoms with E-state index in [1.807, 2.05) is 0 Å². The average molecular weight is 204 g/mol. The van der Waals surface area contributed by atoms with E-state index in [-0.39, 0.29) is 5.54 Å². The second-order valence-electron chi connectivity index (χ2n) is 4.09. The fourth-order valence-electron chi connectivity index (χ4n) is 2.36. The van der Waals surface area contributed by atoms with Crippen LogP contribution in [0.1, 0.15) is 19.3 Å². The molecule has 4 nitrogen and oxygen atoms in total. The van der Waals surface area contributed by atoms with Crippen LogP contribution in [-0.2, 0) is 10.0 Å². The van der Waals surface area contributed by atoms with Gasteiger partial charge in [0.1, 0.15) is 0 Å². The van der Waals surface area contributed by atoms with Crippen LogP contribution in [0.4, 0.5) is 0 Å². The highest BCUT2D eigenvalue weighted by Gasteiger charge is 2.47. The van der Waals surface area contributed by atoms with Gasteiger partial charge in [-0.05, 0) is 19.3 Å². The van der Waals surface area contributed by atoms with Crippen molar-refractivity contribution in [3.63, 3.8) is 0 Å². The Morgan fingerprint density at radius 2 is 2.08 bits per heavy atom. The van der Waals surface area contributed by atoms with Crippen LogP contribution in [0.25, 0.3) is 0 Å². The quantitative estimate of drug-likeness (QED) is 0.642. The maximum Gasteiger partial charge on any atom is 0.211 e. The van der Waals surface area contributed by atoms with E-state index in [9.17, 15) is 8.42 Å². The Morgan fingerprint density at radius 1 is 1.38 bits per heavy atom. The second kappa shape index (κ2) is 2.93. The Bertz CT molecular complexity index is 295. The molecule has 1 aliphatic heterocycles. The summed E-state index contributed by atoms with van der Waals surface area (Å²) in [7, 11) is -3.00. The number of piperazine rings is 1. The Labute approximate surface area is 79.4 Å². The highest BCUT2D eigenvalue weighted by molar-refractivity contribution is 7.88. The Morgan fingerprint density at radius 3 is 2.46 bits per heavy atom. The molecule has 2 fully saturated rings. The van der Waals surface area contributed by atoms with Crippen LogP contribution < -0.4 is 5.32 Å². The predicted molar refractivity (Wildman–Crippen MR) is 51.0 cm³/mol. The molecule has 0 unspecified atom stereocenters. The van der Waals surface area contributed by atoms with Crippen LogP contribution in [0.3, 0.4) is 0 Å². The molecule has 13 heavy (non-hydrogen) atoms. The van der Waals surface area contributed by atoms with E-state index in [0.717, 1.165) is 32.4 Å². The molecule has 1 heterocycles. The lowest BCUT2D eigenvalue weighted by molar-refractivity contribution is 0.0648. The van der Waals surface area contributed by atoms with E-state index < -0.39 is 10.0 Å². The molecule has 5 heteroatoms. The maximum atomic E-state index is 11.5. The van der Waals surface area contributed by atoms with Crippen LogP contribution in [0, 0.1) is 0 Å². The van der Waals surface area contributed by atoms with E-state index in [1.54, 1.807) is 4.31 Å². The summed E-state index contributed by atoms with van der Waals surface area (Å²) in [5.41, 5.74) is -0.0637. The summed E-state index contributed by atoms with van der Waals surface area (Å²) in [6, 6.07) is 0. The van der Waals surface area contributed by atoms with Gasteiger partial charge in [0.05, 0.1) is 6.26 Å². The molecular weight excluding hydrogens is 188 g/mol. The summed E-state index contributed by atoms with van der Waals surface area (Å²) < 4.78 is 24.7. The second-order valence-corrected chi connectivity index (χ2v) is 6.00. The lowest BCUT2D eigenvalue weighted by Crippen LogP contribution is -2.65. The van der Waals surface area contributed by atoms with Crippen molar-refractivity contribution in [2.24, 2.45) is 0 Å². The first-order valence-electron chi connectivity index (χ1n) is 4.73. The first kappa shape index (κ1) is 9.43. The molecule has 1 aliphatic carbocycles. The fraction of sp³-hybridized carbons (Fsp3) is 1.00. The lowest BCUT2D eigenvalue weighted by Gasteiger charge is -2.51. The van der Waals surface area contributed by atoms with Crippen LogP contribution >= 0.6 is 0 Å². The average Bonchev–Trinajstić information content (AvgIpc) is 2.00. The van der Waals surface area contributed by atoms with Gasteiger partial charge in [-0.25, -0.2) is 8.42 Å². The highest BCUT2D eigenvalue weighted by Crippen LogP contribution is 2.39. The number of nitrogens with zero attached hydrogens (tertiary/aromatic N) is 1. The van der Waals surface area contributed by atoms with Crippen molar-refractivity contribution in [2.75, 3.05) is 25.9 Å². The van der Waals surface area contributed by atoms with Gasteiger partial charge in [0, 0.05) is 25.2 Å². The standard InChI is InChI=1S/C8H16N2O2S/c1-13(11,12)10-6-5-9-7-8(10)3-2-4-8/h9H,2-7H2,1H3. The minimum Gasteiger partial charge on any atom is -0.314 e. The molecule has 0 radical (unpaired) electrons. The van der Waals surface area contributed by atoms with Gasteiger partial charge < -0.3 is 5.32 Å². The molecular formula is C8H16N2O2S. The molecule has 0 atom stereocenters. The summed E-state index contributed by atoms with van der Waals surface area (Å²) in [6.45, 7) is 2.26. The Balaban J connectivity index is 2.24.